The van der Waals surface area contributed by atoms with Crippen molar-refractivity contribution >= 4 is 22.9 Å². The minimum absolute atomic E-state index is 0.623. The molecule has 0 fully saturated rings. The zero-order valence-electron chi connectivity index (χ0n) is 14.9. The number of ether oxygens (including phenoxy) is 1. The highest BCUT2D eigenvalue weighted by molar-refractivity contribution is 6.31. The fourth-order valence-electron chi connectivity index (χ4n) is 3.18. The number of nitriles is 1. The zero-order valence-corrected chi connectivity index (χ0v) is 15.7. The SMILES string of the molecule is CCNc1ccc2c(c1)OC(C)(C)C(C#N)=C2c1ccc(Cl)c(C)c1. The molecule has 0 radical (unpaired) electrons. The number of aryl methyl sites for hydroxylation is 1. The van der Waals surface area contributed by atoms with Crippen LogP contribution in [0.1, 0.15) is 37.5 Å². The maximum absolute atomic E-state index is 9.82. The third kappa shape index (κ3) is 3.10. The van der Waals surface area contributed by atoms with Crippen LogP contribution >= 0.6 is 11.6 Å². The number of rotatable bonds is 3. The average Bonchev–Trinajstić information content (AvgIpc) is 2.55. The van der Waals surface area contributed by atoms with Crippen molar-refractivity contribution in [2.75, 3.05) is 11.9 Å². The monoisotopic (exact) mass is 352 g/mol. The lowest BCUT2D eigenvalue weighted by atomic mass is 9.83. The molecule has 0 bridgehead atoms. The van der Waals surface area contributed by atoms with E-state index in [9.17, 15) is 5.26 Å². The van der Waals surface area contributed by atoms with Gasteiger partial charge in [-0.3, -0.25) is 0 Å². The van der Waals surface area contributed by atoms with Crippen LogP contribution in [0, 0.1) is 18.3 Å². The van der Waals surface area contributed by atoms with E-state index in [1.165, 1.54) is 0 Å². The number of nitrogens with one attached hydrogen (secondary N) is 1. The quantitative estimate of drug-likeness (QED) is 0.784. The third-order valence-corrected chi connectivity index (χ3v) is 4.83. The van der Waals surface area contributed by atoms with Crippen molar-refractivity contribution in [3.05, 3.63) is 63.7 Å². The Labute approximate surface area is 153 Å². The lowest BCUT2D eigenvalue weighted by Crippen LogP contribution is -2.34. The predicted octanol–water partition coefficient (Wildman–Crippen LogP) is 5.58. The summed E-state index contributed by atoms with van der Waals surface area (Å²) in [5.74, 6) is 0.782. The molecule has 0 atom stereocenters. The van der Waals surface area contributed by atoms with Crippen molar-refractivity contribution in [3.63, 3.8) is 0 Å². The Morgan fingerprint density at radius 3 is 2.60 bits per heavy atom. The predicted molar refractivity (Wildman–Crippen MR) is 103 cm³/mol. The average molecular weight is 353 g/mol. The van der Waals surface area contributed by atoms with Gasteiger partial charge in [0.25, 0.3) is 0 Å². The number of anilines is 1. The van der Waals surface area contributed by atoms with Crippen molar-refractivity contribution in [1.82, 2.24) is 0 Å². The normalized spacial score (nSPS) is 15.2. The molecule has 1 aliphatic rings. The van der Waals surface area contributed by atoms with Crippen molar-refractivity contribution in [2.24, 2.45) is 0 Å². The molecule has 1 heterocycles. The highest BCUT2D eigenvalue weighted by Gasteiger charge is 2.36. The lowest BCUT2D eigenvalue weighted by molar-refractivity contribution is 0.149. The van der Waals surface area contributed by atoms with Crippen LogP contribution in [0.3, 0.4) is 0 Å². The summed E-state index contributed by atoms with van der Waals surface area (Å²) in [6, 6.07) is 14.3. The summed E-state index contributed by atoms with van der Waals surface area (Å²) in [7, 11) is 0. The molecular formula is C21H21ClN2O. The number of hydrogen-bond donors (Lipinski definition) is 1. The van der Waals surface area contributed by atoms with Crippen LogP contribution in [0.2, 0.25) is 5.02 Å². The molecule has 2 aromatic rings. The molecule has 0 saturated carbocycles. The van der Waals surface area contributed by atoms with Crippen molar-refractivity contribution in [1.29, 1.82) is 5.26 Å². The van der Waals surface area contributed by atoms with E-state index in [2.05, 4.69) is 18.3 Å². The van der Waals surface area contributed by atoms with E-state index in [0.29, 0.717) is 5.57 Å². The Kier molecular flexibility index (Phi) is 4.49. The fraction of sp³-hybridized carbons (Fsp3) is 0.286. The van der Waals surface area contributed by atoms with Gasteiger partial charge in [0.15, 0.2) is 0 Å². The first-order valence-corrected chi connectivity index (χ1v) is 8.74. The van der Waals surface area contributed by atoms with Crippen LogP contribution in [0.4, 0.5) is 5.69 Å². The molecule has 4 heteroatoms. The maximum Gasteiger partial charge on any atom is 0.139 e. The first kappa shape index (κ1) is 17.4. The molecule has 1 N–H and O–H groups in total. The van der Waals surface area contributed by atoms with Gasteiger partial charge in [-0.2, -0.15) is 5.26 Å². The summed E-state index contributed by atoms with van der Waals surface area (Å²) in [6.45, 7) is 8.72. The lowest BCUT2D eigenvalue weighted by Gasteiger charge is -2.34. The highest BCUT2D eigenvalue weighted by atomic mass is 35.5. The van der Waals surface area contributed by atoms with Gasteiger partial charge in [0.05, 0.1) is 11.6 Å². The van der Waals surface area contributed by atoms with Gasteiger partial charge in [0.2, 0.25) is 0 Å². The summed E-state index contributed by atoms with van der Waals surface area (Å²) >= 11 is 6.19. The summed E-state index contributed by atoms with van der Waals surface area (Å²) in [5.41, 5.74) is 4.74. The van der Waals surface area contributed by atoms with E-state index in [1.807, 2.05) is 57.2 Å². The molecule has 0 aromatic heterocycles. The van der Waals surface area contributed by atoms with Gasteiger partial charge in [-0.1, -0.05) is 17.7 Å². The molecule has 1 aliphatic heterocycles. The molecule has 0 unspecified atom stereocenters. The summed E-state index contributed by atoms with van der Waals surface area (Å²) < 4.78 is 6.17. The van der Waals surface area contributed by atoms with Crippen molar-refractivity contribution in [3.8, 4) is 11.8 Å². The number of nitrogens with zero attached hydrogens (tertiary/aromatic N) is 1. The molecule has 0 aliphatic carbocycles. The highest BCUT2D eigenvalue weighted by Crippen LogP contribution is 2.45. The number of fused-ring (bicyclic) bond motifs is 1. The molecule has 3 rings (SSSR count). The van der Waals surface area contributed by atoms with Gasteiger partial charge in [-0.25, -0.2) is 0 Å². The molecule has 0 spiro atoms. The Bertz CT molecular complexity index is 907. The molecule has 0 saturated heterocycles. The number of hydrogen-bond acceptors (Lipinski definition) is 3. The minimum atomic E-state index is -0.699. The van der Waals surface area contributed by atoms with Gasteiger partial charge in [-0.15, -0.1) is 0 Å². The van der Waals surface area contributed by atoms with Crippen LogP contribution in [0.5, 0.6) is 5.75 Å². The zero-order chi connectivity index (χ0) is 18.2. The Morgan fingerprint density at radius 2 is 1.96 bits per heavy atom. The molecule has 2 aromatic carbocycles. The van der Waals surface area contributed by atoms with E-state index in [-0.39, 0.29) is 0 Å². The van der Waals surface area contributed by atoms with Crippen LogP contribution in [-0.2, 0) is 0 Å². The first-order chi connectivity index (χ1) is 11.9. The van der Waals surface area contributed by atoms with Gasteiger partial charge in [0.1, 0.15) is 11.4 Å². The maximum atomic E-state index is 9.82. The van der Waals surface area contributed by atoms with Gasteiger partial charge < -0.3 is 10.1 Å². The number of halogens is 1. The second-order valence-corrected chi connectivity index (χ2v) is 7.09. The van der Waals surface area contributed by atoms with Gasteiger partial charge in [0, 0.05) is 34.5 Å². The van der Waals surface area contributed by atoms with Crippen molar-refractivity contribution < 1.29 is 4.74 Å². The largest absolute Gasteiger partial charge is 0.482 e. The third-order valence-electron chi connectivity index (χ3n) is 4.41. The van der Waals surface area contributed by atoms with E-state index in [0.717, 1.165) is 45.3 Å². The minimum Gasteiger partial charge on any atom is -0.482 e. The Morgan fingerprint density at radius 1 is 1.20 bits per heavy atom. The van der Waals surface area contributed by atoms with Gasteiger partial charge in [-0.05, 0) is 63.1 Å². The number of benzene rings is 2. The molecule has 128 valence electrons. The molecule has 25 heavy (non-hydrogen) atoms. The summed E-state index contributed by atoms with van der Waals surface area (Å²) in [6.07, 6.45) is 0. The van der Waals surface area contributed by atoms with Crippen LogP contribution < -0.4 is 10.1 Å². The van der Waals surface area contributed by atoms with Crippen LogP contribution in [0.15, 0.2) is 42.0 Å². The second kappa shape index (κ2) is 6.46. The molecule has 3 nitrogen and oxygen atoms in total. The van der Waals surface area contributed by atoms with Crippen LogP contribution in [-0.4, -0.2) is 12.1 Å². The first-order valence-electron chi connectivity index (χ1n) is 8.36. The fourth-order valence-corrected chi connectivity index (χ4v) is 3.30. The Balaban J connectivity index is 2.27. The van der Waals surface area contributed by atoms with E-state index < -0.39 is 5.60 Å². The summed E-state index contributed by atoms with van der Waals surface area (Å²) in [4.78, 5) is 0. The summed E-state index contributed by atoms with van der Waals surface area (Å²) in [5, 5.41) is 13.8. The topological polar surface area (TPSA) is 45.0 Å². The van der Waals surface area contributed by atoms with E-state index in [4.69, 9.17) is 16.3 Å². The standard InChI is InChI=1S/C21H21ClN2O/c1-5-24-15-7-8-16-19(11-15)25-21(3,4)17(12-23)20(16)14-6-9-18(22)13(2)10-14/h6-11,24H,5H2,1-4H3. The Hall–Kier alpha value is -2.44. The van der Waals surface area contributed by atoms with Crippen LogP contribution in [0.25, 0.3) is 5.57 Å². The molecule has 0 amide bonds. The van der Waals surface area contributed by atoms with Crippen molar-refractivity contribution in [2.45, 2.75) is 33.3 Å². The van der Waals surface area contributed by atoms with E-state index in [1.54, 1.807) is 0 Å². The second-order valence-electron chi connectivity index (χ2n) is 6.68. The van der Waals surface area contributed by atoms with E-state index >= 15 is 0 Å². The smallest absolute Gasteiger partial charge is 0.139 e. The van der Waals surface area contributed by atoms with Gasteiger partial charge >= 0.3 is 0 Å². The molecular weight excluding hydrogens is 332 g/mol.